The fourth-order valence-electron chi connectivity index (χ4n) is 1.96. The maximum absolute atomic E-state index is 12.5. The Hall–Kier alpha value is -0.290. The first-order valence-electron chi connectivity index (χ1n) is 6.08. The molecule has 0 radical (unpaired) electrons. The Labute approximate surface area is 101 Å². The first kappa shape index (κ1) is 14.8. The van der Waals surface area contributed by atoms with E-state index in [-0.39, 0.29) is 18.3 Å². The zero-order valence-corrected chi connectivity index (χ0v) is 10.7. The lowest BCUT2D eigenvalue weighted by atomic mass is 9.88. The molecule has 0 aliphatic carbocycles. The first-order valence-corrected chi connectivity index (χ1v) is 6.08. The number of β-amino-alcohol motifs (C(OH)–C–C–N with tert-alkyl or cyclic N) is 1. The average Bonchev–Trinajstić information content (AvgIpc) is 2.15. The Morgan fingerprint density at radius 2 is 1.65 bits per heavy atom. The molecule has 0 aromatic carbocycles. The number of aliphatic hydroxyl groups excluding tert-OH is 1. The normalized spacial score (nSPS) is 22.8. The summed E-state index contributed by atoms with van der Waals surface area (Å²) in [5.74, 6) is -1.16. The van der Waals surface area contributed by atoms with Crippen molar-refractivity contribution >= 4 is 0 Å². The molecule has 0 spiro atoms. The van der Waals surface area contributed by atoms with Gasteiger partial charge in [-0.15, -0.1) is 0 Å². The van der Waals surface area contributed by atoms with E-state index in [1.807, 2.05) is 25.7 Å². The monoisotopic (exact) mass is 253 g/mol. The molecule has 1 heterocycles. The topological polar surface area (TPSA) is 23.5 Å². The van der Waals surface area contributed by atoms with Gasteiger partial charge in [-0.25, -0.2) is 0 Å². The summed E-state index contributed by atoms with van der Waals surface area (Å²) in [6.45, 7) is 7.11. The molecule has 17 heavy (non-hydrogen) atoms. The van der Waals surface area contributed by atoms with E-state index < -0.39 is 18.2 Å². The molecule has 0 bridgehead atoms. The summed E-state index contributed by atoms with van der Waals surface area (Å²) in [5, 5.41) is 9.90. The molecular weight excluding hydrogens is 231 g/mol. The second-order valence-electron chi connectivity index (χ2n) is 6.00. The Morgan fingerprint density at radius 3 is 2.00 bits per heavy atom. The summed E-state index contributed by atoms with van der Waals surface area (Å²) in [6.07, 6.45) is -4.25. The van der Waals surface area contributed by atoms with Gasteiger partial charge in [0.25, 0.3) is 0 Å². The van der Waals surface area contributed by atoms with Crippen molar-refractivity contribution in [2.45, 2.75) is 45.9 Å². The molecule has 102 valence electrons. The Morgan fingerprint density at radius 1 is 1.18 bits per heavy atom. The minimum absolute atomic E-state index is 0.153. The first-order chi connectivity index (χ1) is 7.60. The number of likely N-dealkylation sites (tertiary alicyclic amines) is 1. The number of rotatable bonds is 2. The van der Waals surface area contributed by atoms with E-state index >= 15 is 0 Å². The third-order valence-corrected chi connectivity index (χ3v) is 3.48. The molecule has 0 amide bonds. The van der Waals surface area contributed by atoms with Gasteiger partial charge in [0.15, 0.2) is 0 Å². The molecule has 2 nitrogen and oxygen atoms in total. The van der Waals surface area contributed by atoms with Gasteiger partial charge < -0.3 is 10.0 Å². The molecule has 1 unspecified atom stereocenters. The summed E-state index contributed by atoms with van der Waals surface area (Å²) in [5.41, 5.74) is -0.221. The van der Waals surface area contributed by atoms with Crippen molar-refractivity contribution in [3.63, 3.8) is 0 Å². The maximum atomic E-state index is 12.5. The van der Waals surface area contributed by atoms with Gasteiger partial charge in [0.2, 0.25) is 0 Å². The molecule has 5 heteroatoms. The summed E-state index contributed by atoms with van der Waals surface area (Å²) >= 11 is 0. The van der Waals surface area contributed by atoms with Crippen LogP contribution in [-0.4, -0.2) is 41.9 Å². The summed E-state index contributed by atoms with van der Waals surface area (Å²) < 4.78 is 37.4. The van der Waals surface area contributed by atoms with Crippen molar-refractivity contribution in [1.82, 2.24) is 4.90 Å². The zero-order chi connectivity index (χ0) is 13.3. The Balaban J connectivity index is 2.38. The second kappa shape index (κ2) is 5.14. The minimum atomic E-state index is -4.06. The lowest BCUT2D eigenvalue weighted by Crippen LogP contribution is -2.45. The van der Waals surface area contributed by atoms with Crippen LogP contribution in [0, 0.1) is 11.3 Å². The summed E-state index contributed by atoms with van der Waals surface area (Å²) in [6, 6.07) is 0. The molecule has 1 N–H and O–H groups in total. The smallest absolute Gasteiger partial charge is 0.391 e. The fourth-order valence-corrected chi connectivity index (χ4v) is 1.96. The van der Waals surface area contributed by atoms with Gasteiger partial charge in [0.05, 0.1) is 12.0 Å². The van der Waals surface area contributed by atoms with Gasteiger partial charge >= 0.3 is 6.18 Å². The number of alkyl halides is 3. The number of halogens is 3. The number of nitrogens with zero attached hydrogens (tertiary/aromatic N) is 1. The molecular formula is C12H22F3NO. The van der Waals surface area contributed by atoms with E-state index in [4.69, 9.17) is 0 Å². The number of hydrogen-bond acceptors (Lipinski definition) is 2. The lowest BCUT2D eigenvalue weighted by molar-refractivity contribution is -0.185. The molecule has 1 aliphatic heterocycles. The van der Waals surface area contributed by atoms with Crippen molar-refractivity contribution in [3.05, 3.63) is 0 Å². The van der Waals surface area contributed by atoms with Crippen LogP contribution < -0.4 is 0 Å². The van der Waals surface area contributed by atoms with Crippen LogP contribution in [0.5, 0.6) is 0 Å². The van der Waals surface area contributed by atoms with Crippen LogP contribution in [0.1, 0.15) is 33.6 Å². The summed E-state index contributed by atoms with van der Waals surface area (Å²) in [7, 11) is 0. The van der Waals surface area contributed by atoms with E-state index in [1.54, 1.807) is 0 Å². The molecule has 0 aromatic rings. The van der Waals surface area contributed by atoms with E-state index in [0.29, 0.717) is 19.6 Å². The van der Waals surface area contributed by atoms with Crippen molar-refractivity contribution < 1.29 is 18.3 Å². The largest absolute Gasteiger partial charge is 0.391 e. The number of piperidine rings is 1. The highest BCUT2D eigenvalue weighted by molar-refractivity contribution is 4.81. The second-order valence-corrected chi connectivity index (χ2v) is 6.00. The molecule has 1 atom stereocenters. The average molecular weight is 253 g/mol. The standard InChI is InChI=1S/C12H22F3NO/c1-11(2,3)10(17)8-16-6-4-9(5-7-16)12(13,14)15/h9-10,17H,4-8H2,1-3H3. The third kappa shape index (κ3) is 4.47. The zero-order valence-electron chi connectivity index (χ0n) is 10.7. The molecule has 0 aromatic heterocycles. The molecule has 1 aliphatic rings. The van der Waals surface area contributed by atoms with E-state index in [1.165, 1.54) is 0 Å². The molecule has 1 fully saturated rings. The Bertz CT molecular complexity index is 239. The van der Waals surface area contributed by atoms with Crippen molar-refractivity contribution in [3.8, 4) is 0 Å². The number of aliphatic hydroxyl groups is 1. The Kier molecular flexibility index (Phi) is 4.47. The molecule has 1 rings (SSSR count). The predicted octanol–water partition coefficient (Wildman–Crippen LogP) is 2.67. The quantitative estimate of drug-likeness (QED) is 0.818. The van der Waals surface area contributed by atoms with Gasteiger partial charge in [-0.1, -0.05) is 20.8 Å². The van der Waals surface area contributed by atoms with Crippen molar-refractivity contribution in [2.24, 2.45) is 11.3 Å². The van der Waals surface area contributed by atoms with Gasteiger partial charge in [0, 0.05) is 6.54 Å². The van der Waals surface area contributed by atoms with Gasteiger partial charge in [-0.05, 0) is 31.3 Å². The van der Waals surface area contributed by atoms with Crippen molar-refractivity contribution in [1.29, 1.82) is 0 Å². The van der Waals surface area contributed by atoms with Crippen LogP contribution in [0.2, 0.25) is 0 Å². The molecule has 1 saturated heterocycles. The van der Waals surface area contributed by atoms with Gasteiger partial charge in [-0.3, -0.25) is 0 Å². The van der Waals surface area contributed by atoms with Gasteiger partial charge in [0.1, 0.15) is 0 Å². The van der Waals surface area contributed by atoms with Crippen LogP contribution >= 0.6 is 0 Å². The summed E-state index contributed by atoms with van der Waals surface area (Å²) in [4.78, 5) is 1.93. The highest BCUT2D eigenvalue weighted by Gasteiger charge is 2.41. The third-order valence-electron chi connectivity index (χ3n) is 3.48. The van der Waals surface area contributed by atoms with E-state index in [2.05, 4.69) is 0 Å². The predicted molar refractivity (Wildman–Crippen MR) is 60.7 cm³/mol. The highest BCUT2D eigenvalue weighted by atomic mass is 19.4. The SMILES string of the molecule is CC(C)(C)C(O)CN1CCC(C(F)(F)F)CC1. The number of hydrogen-bond donors (Lipinski definition) is 1. The van der Waals surface area contributed by atoms with Crippen LogP contribution in [0.3, 0.4) is 0 Å². The van der Waals surface area contributed by atoms with Crippen LogP contribution in [0.4, 0.5) is 13.2 Å². The van der Waals surface area contributed by atoms with E-state index in [9.17, 15) is 18.3 Å². The minimum Gasteiger partial charge on any atom is -0.391 e. The van der Waals surface area contributed by atoms with Crippen LogP contribution in [0.15, 0.2) is 0 Å². The van der Waals surface area contributed by atoms with Crippen LogP contribution in [-0.2, 0) is 0 Å². The molecule has 0 saturated carbocycles. The highest BCUT2D eigenvalue weighted by Crippen LogP contribution is 2.34. The maximum Gasteiger partial charge on any atom is 0.391 e. The van der Waals surface area contributed by atoms with Crippen molar-refractivity contribution in [2.75, 3.05) is 19.6 Å². The van der Waals surface area contributed by atoms with E-state index in [0.717, 1.165) is 0 Å². The van der Waals surface area contributed by atoms with Gasteiger partial charge in [-0.2, -0.15) is 13.2 Å². The lowest BCUT2D eigenvalue weighted by Gasteiger charge is -2.36. The van der Waals surface area contributed by atoms with Crippen LogP contribution in [0.25, 0.3) is 0 Å². The fraction of sp³-hybridized carbons (Fsp3) is 1.00.